The molecule has 1 aliphatic rings. The Labute approximate surface area is 192 Å². The van der Waals surface area contributed by atoms with E-state index in [1.165, 1.54) is 33.7 Å². The van der Waals surface area contributed by atoms with Crippen LogP contribution in [0.25, 0.3) is 0 Å². The molecule has 1 unspecified atom stereocenters. The van der Waals surface area contributed by atoms with Crippen LogP contribution in [0.4, 0.5) is 0 Å². The highest BCUT2D eigenvalue weighted by molar-refractivity contribution is 7.89. The van der Waals surface area contributed by atoms with Crippen LogP contribution in [-0.4, -0.2) is 74.2 Å². The highest BCUT2D eigenvalue weighted by atomic mass is 32.2. The Balaban J connectivity index is 1.50. The average molecular weight is 478 g/mol. The van der Waals surface area contributed by atoms with Crippen molar-refractivity contribution in [3.8, 4) is 0 Å². The molecule has 1 saturated heterocycles. The van der Waals surface area contributed by atoms with Crippen LogP contribution in [-0.2, 0) is 24.3 Å². The molecule has 0 saturated carbocycles. The monoisotopic (exact) mass is 477 g/mol. The fourth-order valence-corrected chi connectivity index (χ4v) is 4.79. The SMILES string of the molecule is CC(C)C(NC(=O)c1ccco1)C(=O)OCC(=O)N1CCN(S(=O)(=O)c2ccccc2)CC1. The zero-order chi connectivity index (χ0) is 24.0. The second kappa shape index (κ2) is 10.6. The van der Waals surface area contributed by atoms with Gasteiger partial charge >= 0.3 is 5.97 Å². The summed E-state index contributed by atoms with van der Waals surface area (Å²) in [5.41, 5.74) is 0. The van der Waals surface area contributed by atoms with Gasteiger partial charge in [-0.2, -0.15) is 4.31 Å². The number of esters is 1. The summed E-state index contributed by atoms with van der Waals surface area (Å²) in [4.78, 5) is 38.8. The fourth-order valence-electron chi connectivity index (χ4n) is 3.35. The molecule has 1 N–H and O–H groups in total. The minimum atomic E-state index is -3.63. The van der Waals surface area contributed by atoms with Gasteiger partial charge in [0, 0.05) is 26.2 Å². The first kappa shape index (κ1) is 24.5. The van der Waals surface area contributed by atoms with Gasteiger partial charge < -0.3 is 19.4 Å². The molecule has 1 atom stereocenters. The van der Waals surface area contributed by atoms with Crippen LogP contribution in [0, 0.1) is 5.92 Å². The molecule has 2 aromatic rings. The van der Waals surface area contributed by atoms with Gasteiger partial charge in [-0.25, -0.2) is 13.2 Å². The minimum absolute atomic E-state index is 0.0628. The maximum atomic E-state index is 12.7. The molecule has 0 bridgehead atoms. The van der Waals surface area contributed by atoms with E-state index in [0.29, 0.717) is 0 Å². The lowest BCUT2D eigenvalue weighted by Gasteiger charge is -2.34. The summed E-state index contributed by atoms with van der Waals surface area (Å²) >= 11 is 0. The first-order valence-corrected chi connectivity index (χ1v) is 12.0. The van der Waals surface area contributed by atoms with Gasteiger partial charge in [-0.15, -0.1) is 0 Å². The van der Waals surface area contributed by atoms with Gasteiger partial charge in [-0.05, 0) is 30.2 Å². The van der Waals surface area contributed by atoms with E-state index in [4.69, 9.17) is 9.15 Å². The predicted octanol–water partition coefficient (Wildman–Crippen LogP) is 1.11. The molecule has 178 valence electrons. The number of benzene rings is 1. The van der Waals surface area contributed by atoms with Crippen molar-refractivity contribution in [2.75, 3.05) is 32.8 Å². The van der Waals surface area contributed by atoms with Gasteiger partial charge in [0.25, 0.3) is 11.8 Å². The Morgan fingerprint density at radius 2 is 1.70 bits per heavy atom. The lowest BCUT2D eigenvalue weighted by atomic mass is 10.0. The number of rotatable bonds is 8. The number of furan rings is 1. The number of hydrogen-bond donors (Lipinski definition) is 1. The first-order chi connectivity index (χ1) is 15.7. The van der Waals surface area contributed by atoms with Crippen LogP contribution in [0.1, 0.15) is 24.4 Å². The molecule has 0 spiro atoms. The molecule has 0 aliphatic carbocycles. The Bertz CT molecular complexity index is 1060. The molecule has 10 nitrogen and oxygen atoms in total. The van der Waals surface area contributed by atoms with Crippen molar-refractivity contribution in [1.29, 1.82) is 0 Å². The molecular formula is C22H27N3O7S. The number of hydrogen-bond acceptors (Lipinski definition) is 7. The summed E-state index contributed by atoms with van der Waals surface area (Å²) in [5, 5.41) is 2.55. The van der Waals surface area contributed by atoms with Crippen molar-refractivity contribution in [3.63, 3.8) is 0 Å². The molecule has 33 heavy (non-hydrogen) atoms. The lowest BCUT2D eigenvalue weighted by molar-refractivity contribution is -0.154. The fraction of sp³-hybridized carbons (Fsp3) is 0.409. The highest BCUT2D eigenvalue weighted by Gasteiger charge is 2.31. The molecular weight excluding hydrogens is 450 g/mol. The number of carbonyl (C=O) groups excluding carboxylic acids is 3. The van der Waals surface area contributed by atoms with E-state index in [2.05, 4.69) is 5.32 Å². The zero-order valence-corrected chi connectivity index (χ0v) is 19.3. The van der Waals surface area contributed by atoms with Gasteiger partial charge in [-0.1, -0.05) is 32.0 Å². The summed E-state index contributed by atoms with van der Waals surface area (Å²) in [6, 6.07) is 10.2. The van der Waals surface area contributed by atoms with Crippen LogP contribution in [0.5, 0.6) is 0 Å². The number of ether oxygens (including phenoxy) is 1. The van der Waals surface area contributed by atoms with Crippen LogP contribution in [0.15, 0.2) is 58.0 Å². The lowest BCUT2D eigenvalue weighted by Crippen LogP contribution is -2.52. The maximum absolute atomic E-state index is 12.7. The Hall–Kier alpha value is -3.18. The first-order valence-electron chi connectivity index (χ1n) is 10.5. The van der Waals surface area contributed by atoms with Gasteiger partial charge in [-0.3, -0.25) is 9.59 Å². The third kappa shape index (κ3) is 5.99. The maximum Gasteiger partial charge on any atom is 0.329 e. The van der Waals surface area contributed by atoms with E-state index < -0.39 is 40.5 Å². The Morgan fingerprint density at radius 1 is 1.03 bits per heavy atom. The average Bonchev–Trinajstić information content (AvgIpc) is 3.36. The van der Waals surface area contributed by atoms with Gasteiger partial charge in [0.05, 0.1) is 11.2 Å². The quantitative estimate of drug-likeness (QED) is 0.565. The van der Waals surface area contributed by atoms with E-state index in [-0.39, 0.29) is 42.8 Å². The van der Waals surface area contributed by atoms with E-state index in [1.807, 2.05) is 0 Å². The van der Waals surface area contributed by atoms with E-state index in [0.717, 1.165) is 0 Å². The summed E-state index contributed by atoms with van der Waals surface area (Å²) in [5.74, 6) is -1.94. The molecule has 0 radical (unpaired) electrons. The summed E-state index contributed by atoms with van der Waals surface area (Å²) in [6.45, 7) is 3.64. The molecule has 3 rings (SSSR count). The second-order valence-electron chi connectivity index (χ2n) is 7.88. The number of nitrogens with one attached hydrogen (secondary N) is 1. The summed E-state index contributed by atoms with van der Waals surface area (Å²) in [7, 11) is -3.63. The van der Waals surface area contributed by atoms with Crippen LogP contribution < -0.4 is 5.32 Å². The summed E-state index contributed by atoms with van der Waals surface area (Å²) < 4.78 is 36.9. The normalized spacial score (nSPS) is 15.8. The van der Waals surface area contributed by atoms with Crippen molar-refractivity contribution in [3.05, 3.63) is 54.5 Å². The highest BCUT2D eigenvalue weighted by Crippen LogP contribution is 2.17. The zero-order valence-electron chi connectivity index (χ0n) is 18.5. The third-order valence-electron chi connectivity index (χ3n) is 5.26. The number of sulfonamides is 1. The number of amides is 2. The molecule has 11 heteroatoms. The van der Waals surface area contributed by atoms with Crippen molar-refractivity contribution in [2.45, 2.75) is 24.8 Å². The Morgan fingerprint density at radius 3 is 2.27 bits per heavy atom. The number of carbonyl (C=O) groups is 3. The third-order valence-corrected chi connectivity index (χ3v) is 7.18. The Kier molecular flexibility index (Phi) is 7.88. The molecule has 2 heterocycles. The number of nitrogens with zero attached hydrogens (tertiary/aromatic N) is 2. The van der Waals surface area contributed by atoms with Crippen LogP contribution in [0.3, 0.4) is 0 Å². The summed E-state index contributed by atoms with van der Waals surface area (Å²) in [6.07, 6.45) is 1.35. The molecule has 2 amide bonds. The van der Waals surface area contributed by atoms with Crippen LogP contribution >= 0.6 is 0 Å². The standard InChI is InChI=1S/C22H27N3O7S/c1-16(2)20(23-21(27)18-9-6-14-31-18)22(28)32-15-19(26)24-10-12-25(13-11-24)33(29,30)17-7-4-3-5-8-17/h3-9,14,16,20H,10-13,15H2,1-2H3,(H,23,27). The van der Waals surface area contributed by atoms with Gasteiger partial charge in [0.1, 0.15) is 6.04 Å². The topological polar surface area (TPSA) is 126 Å². The van der Waals surface area contributed by atoms with Crippen molar-refractivity contribution in [2.24, 2.45) is 5.92 Å². The predicted molar refractivity (Wildman–Crippen MR) is 118 cm³/mol. The van der Waals surface area contributed by atoms with E-state index >= 15 is 0 Å². The molecule has 1 aromatic heterocycles. The minimum Gasteiger partial charge on any atom is -0.459 e. The van der Waals surface area contributed by atoms with Crippen molar-refractivity contribution >= 4 is 27.8 Å². The van der Waals surface area contributed by atoms with Crippen molar-refractivity contribution < 1.29 is 32.0 Å². The van der Waals surface area contributed by atoms with Gasteiger partial charge in [0.15, 0.2) is 12.4 Å². The largest absolute Gasteiger partial charge is 0.459 e. The second-order valence-corrected chi connectivity index (χ2v) is 9.82. The van der Waals surface area contributed by atoms with E-state index in [9.17, 15) is 22.8 Å². The van der Waals surface area contributed by atoms with Crippen LogP contribution in [0.2, 0.25) is 0 Å². The molecule has 1 aromatic carbocycles. The molecule has 1 aliphatic heterocycles. The van der Waals surface area contributed by atoms with Crippen molar-refractivity contribution in [1.82, 2.24) is 14.5 Å². The van der Waals surface area contributed by atoms with Gasteiger partial charge in [0.2, 0.25) is 10.0 Å². The molecule has 1 fully saturated rings. The van der Waals surface area contributed by atoms with E-state index in [1.54, 1.807) is 38.1 Å². The number of piperazine rings is 1. The smallest absolute Gasteiger partial charge is 0.329 e.